The van der Waals surface area contributed by atoms with Gasteiger partial charge in [-0.15, -0.1) is 0 Å². The molecule has 0 amide bonds. The molecule has 0 aliphatic rings. The monoisotopic (exact) mass is 379 g/mol. The minimum atomic E-state index is -0.816. The zero-order valence-electron chi connectivity index (χ0n) is 14.1. The predicted octanol–water partition coefficient (Wildman–Crippen LogP) is 4.21. The fourth-order valence-electron chi connectivity index (χ4n) is 2.28. The lowest BCUT2D eigenvalue weighted by Crippen LogP contribution is -2.36. The maximum Gasteiger partial charge on any atom is 0.320 e. The summed E-state index contributed by atoms with van der Waals surface area (Å²) in [7, 11) is 0. The van der Waals surface area contributed by atoms with Crippen molar-refractivity contribution in [3.05, 3.63) is 64.7 Å². The summed E-state index contributed by atoms with van der Waals surface area (Å²) in [6.45, 7) is 0.947. The molecule has 0 spiro atoms. The molecule has 2 aromatic rings. The van der Waals surface area contributed by atoms with Gasteiger partial charge in [0, 0.05) is 11.6 Å². The number of thioether (sulfide) groups is 1. The van der Waals surface area contributed by atoms with E-state index in [-0.39, 0.29) is 0 Å². The van der Waals surface area contributed by atoms with Gasteiger partial charge in [0.2, 0.25) is 0 Å². The highest BCUT2D eigenvalue weighted by Crippen LogP contribution is 2.17. The Morgan fingerprint density at radius 2 is 2.00 bits per heavy atom. The van der Waals surface area contributed by atoms with Crippen LogP contribution in [0.3, 0.4) is 0 Å². The molecule has 0 fully saturated rings. The topological polar surface area (TPSA) is 58.6 Å². The fourth-order valence-corrected chi connectivity index (χ4v) is 2.88. The molecule has 0 heterocycles. The first-order chi connectivity index (χ1) is 12.1. The maximum absolute atomic E-state index is 11.3. The molecule has 0 saturated heterocycles. The average molecular weight is 380 g/mol. The van der Waals surface area contributed by atoms with Crippen LogP contribution in [0.5, 0.6) is 5.75 Å². The molecule has 0 aromatic heterocycles. The van der Waals surface area contributed by atoms with Gasteiger partial charge < -0.3 is 15.2 Å². The van der Waals surface area contributed by atoms with Gasteiger partial charge in [-0.2, -0.15) is 11.8 Å². The Morgan fingerprint density at radius 3 is 2.68 bits per heavy atom. The van der Waals surface area contributed by atoms with Gasteiger partial charge in [-0.1, -0.05) is 35.9 Å². The van der Waals surface area contributed by atoms with E-state index in [1.807, 2.05) is 54.8 Å². The lowest BCUT2D eigenvalue weighted by Gasteiger charge is -2.14. The molecular weight excluding hydrogens is 358 g/mol. The summed E-state index contributed by atoms with van der Waals surface area (Å²) in [6, 6.07) is 14.7. The van der Waals surface area contributed by atoms with Crippen LogP contribution in [-0.2, 0) is 17.9 Å². The molecule has 2 aromatic carbocycles. The van der Waals surface area contributed by atoms with Crippen LogP contribution in [0.15, 0.2) is 48.5 Å². The largest absolute Gasteiger partial charge is 0.489 e. The van der Waals surface area contributed by atoms with E-state index in [1.54, 1.807) is 11.8 Å². The van der Waals surface area contributed by atoms with Crippen molar-refractivity contribution < 1.29 is 14.6 Å². The number of carboxylic acids is 1. The summed E-state index contributed by atoms with van der Waals surface area (Å²) >= 11 is 7.52. The Morgan fingerprint density at radius 1 is 1.24 bits per heavy atom. The van der Waals surface area contributed by atoms with E-state index in [0.717, 1.165) is 22.6 Å². The Balaban J connectivity index is 1.89. The fraction of sp³-hybridized carbons (Fsp3) is 0.316. The van der Waals surface area contributed by atoms with Crippen molar-refractivity contribution in [2.75, 3.05) is 12.0 Å². The molecule has 1 atom stereocenters. The van der Waals surface area contributed by atoms with E-state index in [0.29, 0.717) is 24.6 Å². The normalized spacial score (nSPS) is 11.9. The van der Waals surface area contributed by atoms with Crippen molar-refractivity contribution in [1.82, 2.24) is 5.32 Å². The van der Waals surface area contributed by atoms with E-state index in [2.05, 4.69) is 5.32 Å². The SMILES string of the molecule is CSCCC(NCc1cccc(OCc2ccc(Cl)cc2)c1)C(=O)O. The van der Waals surface area contributed by atoms with Crippen molar-refractivity contribution in [3.63, 3.8) is 0 Å². The number of rotatable bonds is 10. The molecule has 2 rings (SSSR count). The molecule has 6 heteroatoms. The molecule has 4 nitrogen and oxygen atoms in total. The minimum absolute atomic E-state index is 0.458. The van der Waals surface area contributed by atoms with Crippen molar-refractivity contribution >= 4 is 29.3 Å². The molecule has 0 aliphatic heterocycles. The number of nitrogens with one attached hydrogen (secondary N) is 1. The van der Waals surface area contributed by atoms with Gasteiger partial charge in [0.1, 0.15) is 18.4 Å². The van der Waals surface area contributed by atoms with Crippen LogP contribution < -0.4 is 10.1 Å². The van der Waals surface area contributed by atoms with E-state index >= 15 is 0 Å². The third kappa shape index (κ3) is 6.98. The summed E-state index contributed by atoms with van der Waals surface area (Å²) in [5, 5.41) is 13.1. The number of aliphatic carboxylic acids is 1. The molecule has 2 N–H and O–H groups in total. The maximum atomic E-state index is 11.3. The molecule has 1 unspecified atom stereocenters. The highest BCUT2D eigenvalue weighted by molar-refractivity contribution is 7.98. The predicted molar refractivity (Wildman–Crippen MR) is 103 cm³/mol. The first-order valence-electron chi connectivity index (χ1n) is 8.00. The highest BCUT2D eigenvalue weighted by atomic mass is 35.5. The van der Waals surface area contributed by atoms with Gasteiger partial charge in [-0.25, -0.2) is 0 Å². The Hall–Kier alpha value is -1.69. The third-order valence-corrected chi connectivity index (χ3v) is 4.57. The van der Waals surface area contributed by atoms with Crippen LogP contribution in [-0.4, -0.2) is 29.1 Å². The number of ether oxygens (including phenoxy) is 1. The van der Waals surface area contributed by atoms with Gasteiger partial charge >= 0.3 is 5.97 Å². The molecular formula is C19H22ClNO3S. The molecule has 0 bridgehead atoms. The Kier molecular flexibility index (Phi) is 8.12. The zero-order chi connectivity index (χ0) is 18.1. The number of carboxylic acid groups (broad SMARTS) is 1. The summed E-state index contributed by atoms with van der Waals surface area (Å²) in [4.78, 5) is 11.3. The van der Waals surface area contributed by atoms with E-state index in [4.69, 9.17) is 16.3 Å². The van der Waals surface area contributed by atoms with Crippen LogP contribution in [0, 0.1) is 0 Å². The van der Waals surface area contributed by atoms with Crippen molar-refractivity contribution in [2.45, 2.75) is 25.6 Å². The van der Waals surface area contributed by atoms with Crippen LogP contribution in [0.4, 0.5) is 0 Å². The smallest absolute Gasteiger partial charge is 0.320 e. The first kappa shape index (κ1) is 19.6. The average Bonchev–Trinajstić information content (AvgIpc) is 2.61. The van der Waals surface area contributed by atoms with Gasteiger partial charge in [0.15, 0.2) is 0 Å². The minimum Gasteiger partial charge on any atom is -0.489 e. The number of hydrogen-bond donors (Lipinski definition) is 2. The zero-order valence-corrected chi connectivity index (χ0v) is 15.6. The van der Waals surface area contributed by atoms with Gasteiger partial charge in [0.05, 0.1) is 0 Å². The number of carbonyl (C=O) groups is 1. The summed E-state index contributed by atoms with van der Waals surface area (Å²) in [6.07, 6.45) is 2.57. The Bertz CT molecular complexity index is 679. The lowest BCUT2D eigenvalue weighted by molar-refractivity contribution is -0.139. The van der Waals surface area contributed by atoms with Gasteiger partial charge in [-0.3, -0.25) is 4.79 Å². The van der Waals surface area contributed by atoms with Crippen LogP contribution >= 0.6 is 23.4 Å². The van der Waals surface area contributed by atoms with Gasteiger partial charge in [0.25, 0.3) is 0 Å². The number of hydrogen-bond acceptors (Lipinski definition) is 4. The molecule has 0 aliphatic carbocycles. The van der Waals surface area contributed by atoms with Crippen LogP contribution in [0.2, 0.25) is 5.02 Å². The van der Waals surface area contributed by atoms with E-state index in [1.165, 1.54) is 0 Å². The van der Waals surface area contributed by atoms with Crippen LogP contribution in [0.25, 0.3) is 0 Å². The molecule has 25 heavy (non-hydrogen) atoms. The van der Waals surface area contributed by atoms with E-state index in [9.17, 15) is 9.90 Å². The number of halogens is 1. The van der Waals surface area contributed by atoms with E-state index < -0.39 is 12.0 Å². The standard InChI is InChI=1S/C19H22ClNO3S/c1-25-10-9-18(19(22)23)21-12-15-3-2-4-17(11-15)24-13-14-5-7-16(20)8-6-14/h2-8,11,18,21H,9-10,12-13H2,1H3,(H,22,23). The second-order valence-electron chi connectivity index (χ2n) is 5.62. The summed E-state index contributed by atoms with van der Waals surface area (Å²) in [5.74, 6) is 0.753. The molecule has 0 saturated carbocycles. The Labute approximate surface area is 157 Å². The van der Waals surface area contributed by atoms with Crippen molar-refractivity contribution in [3.8, 4) is 5.75 Å². The highest BCUT2D eigenvalue weighted by Gasteiger charge is 2.15. The van der Waals surface area contributed by atoms with Gasteiger partial charge in [-0.05, 0) is 53.8 Å². The lowest BCUT2D eigenvalue weighted by atomic mass is 10.1. The number of benzene rings is 2. The quantitative estimate of drug-likeness (QED) is 0.647. The van der Waals surface area contributed by atoms with Crippen molar-refractivity contribution in [1.29, 1.82) is 0 Å². The van der Waals surface area contributed by atoms with Crippen LogP contribution in [0.1, 0.15) is 17.5 Å². The van der Waals surface area contributed by atoms with Crippen molar-refractivity contribution in [2.24, 2.45) is 0 Å². The summed E-state index contributed by atoms with van der Waals surface area (Å²) in [5.41, 5.74) is 2.03. The first-order valence-corrected chi connectivity index (χ1v) is 9.77. The summed E-state index contributed by atoms with van der Waals surface area (Å²) < 4.78 is 5.80. The third-order valence-electron chi connectivity index (χ3n) is 3.68. The second-order valence-corrected chi connectivity index (χ2v) is 7.04. The molecule has 134 valence electrons. The molecule has 0 radical (unpaired) electrons. The second kappa shape index (κ2) is 10.3.